The summed E-state index contributed by atoms with van der Waals surface area (Å²) in [6.07, 6.45) is -0.0731. The van der Waals surface area contributed by atoms with Gasteiger partial charge >= 0.3 is 5.97 Å². The smallest absolute Gasteiger partial charge is 0.306 e. The van der Waals surface area contributed by atoms with Crippen LogP contribution in [0.4, 0.5) is 5.69 Å². The van der Waals surface area contributed by atoms with E-state index in [1.165, 1.54) is 0 Å². The van der Waals surface area contributed by atoms with Crippen LogP contribution in [0.15, 0.2) is 48.5 Å². The zero-order chi connectivity index (χ0) is 20.3. The fourth-order valence-electron chi connectivity index (χ4n) is 3.07. The van der Waals surface area contributed by atoms with Gasteiger partial charge in [0, 0.05) is 6.42 Å². The summed E-state index contributed by atoms with van der Waals surface area (Å²) in [6.45, 7) is 10.2. The van der Waals surface area contributed by atoms with Crippen LogP contribution in [0.3, 0.4) is 0 Å². The van der Waals surface area contributed by atoms with E-state index in [4.69, 9.17) is 11.3 Å². The molecule has 0 bridgehead atoms. The number of ether oxygens (including phenoxy) is 1. The van der Waals surface area contributed by atoms with Gasteiger partial charge in [-0.25, -0.2) is 18.0 Å². The van der Waals surface area contributed by atoms with Gasteiger partial charge in [-0.3, -0.25) is 4.79 Å². The molecule has 7 heteroatoms. The van der Waals surface area contributed by atoms with Crippen molar-refractivity contribution in [1.82, 2.24) is 4.72 Å². The highest BCUT2D eigenvalue weighted by Gasteiger charge is 2.35. The van der Waals surface area contributed by atoms with Crippen molar-refractivity contribution in [3.63, 3.8) is 0 Å². The summed E-state index contributed by atoms with van der Waals surface area (Å²) >= 11 is 0. The first-order valence-corrected chi connectivity index (χ1v) is 10.6. The second-order valence-corrected chi connectivity index (χ2v) is 9.32. The third-order valence-electron chi connectivity index (χ3n) is 4.79. The topological polar surface area (TPSA) is 76.8 Å². The molecule has 0 aliphatic carbocycles. The predicted octanol–water partition coefficient (Wildman–Crippen LogP) is 3.98. The maximum Gasteiger partial charge on any atom is 0.306 e. The second-order valence-electron chi connectivity index (χ2n) is 7.05. The molecule has 0 saturated carbocycles. The summed E-state index contributed by atoms with van der Waals surface area (Å²) in [4.78, 5) is 15.2. The van der Waals surface area contributed by atoms with Gasteiger partial charge in [0.15, 0.2) is 5.69 Å². The average Bonchev–Trinajstić information content (AvgIpc) is 2.69. The molecule has 146 valence electrons. The van der Waals surface area contributed by atoms with E-state index in [0.29, 0.717) is 12.1 Å². The summed E-state index contributed by atoms with van der Waals surface area (Å²) in [6, 6.07) is 14.3. The van der Waals surface area contributed by atoms with Gasteiger partial charge in [0.25, 0.3) is 0 Å². The molecule has 28 heavy (non-hydrogen) atoms. The molecule has 1 fully saturated rings. The van der Waals surface area contributed by atoms with Gasteiger partial charge in [-0.05, 0) is 37.0 Å². The Balaban J connectivity index is 1.84. The molecule has 0 spiro atoms. The second kappa shape index (κ2) is 8.13. The van der Waals surface area contributed by atoms with Gasteiger partial charge in [-0.2, -0.15) is 0 Å². The molecule has 6 nitrogen and oxygen atoms in total. The molecule has 2 aromatic carbocycles. The van der Waals surface area contributed by atoms with Gasteiger partial charge in [0.1, 0.15) is 6.10 Å². The van der Waals surface area contributed by atoms with Crippen molar-refractivity contribution in [1.29, 1.82) is 0 Å². The highest BCUT2D eigenvalue weighted by atomic mass is 32.2. The van der Waals surface area contributed by atoms with Gasteiger partial charge in [0.05, 0.1) is 17.9 Å². The van der Waals surface area contributed by atoms with Crippen molar-refractivity contribution in [2.24, 2.45) is 0 Å². The van der Waals surface area contributed by atoms with Crippen LogP contribution >= 0.6 is 0 Å². The Kier molecular flexibility index (Phi) is 5.82. The summed E-state index contributed by atoms with van der Waals surface area (Å²) in [5, 5.41) is -0.563. The summed E-state index contributed by atoms with van der Waals surface area (Å²) in [5.41, 5.74) is 3.25. The first kappa shape index (κ1) is 20.1. The van der Waals surface area contributed by atoms with E-state index < -0.39 is 27.4 Å². The number of sulfonamides is 1. The van der Waals surface area contributed by atoms with Crippen LogP contribution in [-0.4, -0.2) is 25.7 Å². The number of carbonyl (C=O) groups excluding carboxylic acids is 1. The van der Waals surface area contributed by atoms with Crippen LogP contribution in [0.1, 0.15) is 38.4 Å². The first-order valence-electron chi connectivity index (χ1n) is 9.08. The molecule has 1 N–H and O–H groups in total. The summed E-state index contributed by atoms with van der Waals surface area (Å²) in [5.74, 6) is -0.330. The van der Waals surface area contributed by atoms with Crippen molar-refractivity contribution in [3.05, 3.63) is 65.5 Å². The minimum absolute atomic E-state index is 0.188. The van der Waals surface area contributed by atoms with Crippen LogP contribution in [0.2, 0.25) is 0 Å². The van der Waals surface area contributed by atoms with Crippen LogP contribution in [0.25, 0.3) is 16.0 Å². The zero-order valence-corrected chi connectivity index (χ0v) is 16.6. The standard InChI is InChI=1S/C21H22N2O4S/c1-14(2)28(25,26)23-19-12-13-20(24)27-21(19)17-6-4-15(5-7-17)16-8-10-18(22-3)11-9-16/h4-11,14,19,21,23H,12-13H2,1-2H3. The first-order chi connectivity index (χ1) is 13.3. The van der Waals surface area contributed by atoms with E-state index in [1.54, 1.807) is 26.0 Å². The molecule has 1 aliphatic heterocycles. The van der Waals surface area contributed by atoms with Crippen molar-refractivity contribution in [2.75, 3.05) is 0 Å². The number of hydrogen-bond donors (Lipinski definition) is 1. The van der Waals surface area contributed by atoms with Crippen molar-refractivity contribution in [3.8, 4) is 11.1 Å². The molecular weight excluding hydrogens is 376 g/mol. The normalized spacial score (nSPS) is 19.9. The van der Waals surface area contributed by atoms with Gasteiger partial charge in [-0.1, -0.05) is 48.5 Å². The van der Waals surface area contributed by atoms with Crippen molar-refractivity contribution < 1.29 is 17.9 Å². The average molecular weight is 398 g/mol. The fraction of sp³-hybridized carbons (Fsp3) is 0.333. The molecule has 1 aliphatic rings. The van der Waals surface area contributed by atoms with Gasteiger partial charge in [-0.15, -0.1) is 0 Å². The van der Waals surface area contributed by atoms with E-state index >= 15 is 0 Å². The largest absolute Gasteiger partial charge is 0.456 e. The molecule has 0 aromatic heterocycles. The highest BCUT2D eigenvalue weighted by Crippen LogP contribution is 2.32. The van der Waals surface area contributed by atoms with Crippen LogP contribution < -0.4 is 4.72 Å². The van der Waals surface area contributed by atoms with E-state index in [2.05, 4.69) is 9.57 Å². The number of nitrogens with zero attached hydrogens (tertiary/aromatic N) is 1. The molecule has 2 unspecified atom stereocenters. The maximum absolute atomic E-state index is 12.3. The quantitative estimate of drug-likeness (QED) is 0.611. The Bertz CT molecular complexity index is 990. The fourth-order valence-corrected chi connectivity index (χ4v) is 4.00. The third-order valence-corrected chi connectivity index (χ3v) is 6.66. The zero-order valence-electron chi connectivity index (χ0n) is 15.8. The molecule has 3 rings (SSSR count). The lowest BCUT2D eigenvalue weighted by Gasteiger charge is -2.32. The minimum Gasteiger partial charge on any atom is -0.456 e. The molecule has 2 atom stereocenters. The molecule has 0 radical (unpaired) electrons. The van der Waals surface area contributed by atoms with E-state index in [0.717, 1.165) is 16.7 Å². The van der Waals surface area contributed by atoms with E-state index in [-0.39, 0.29) is 12.4 Å². The van der Waals surface area contributed by atoms with Gasteiger partial charge in [0.2, 0.25) is 10.0 Å². The minimum atomic E-state index is -3.48. The van der Waals surface area contributed by atoms with Crippen LogP contribution in [0, 0.1) is 6.57 Å². The predicted molar refractivity (Wildman–Crippen MR) is 107 cm³/mol. The molecular formula is C21H22N2O4S. The number of cyclic esters (lactones) is 1. The number of hydrogen-bond acceptors (Lipinski definition) is 4. The number of nitrogens with one attached hydrogen (secondary N) is 1. The van der Waals surface area contributed by atoms with Crippen molar-refractivity contribution >= 4 is 21.7 Å². The van der Waals surface area contributed by atoms with E-state index in [1.807, 2.05) is 36.4 Å². The lowest BCUT2D eigenvalue weighted by molar-refractivity contribution is -0.156. The molecule has 0 amide bonds. The van der Waals surface area contributed by atoms with Crippen LogP contribution in [0.5, 0.6) is 0 Å². The molecule has 2 aromatic rings. The lowest BCUT2D eigenvalue weighted by Crippen LogP contribution is -2.46. The van der Waals surface area contributed by atoms with Crippen molar-refractivity contribution in [2.45, 2.75) is 44.1 Å². The van der Waals surface area contributed by atoms with Crippen LogP contribution in [-0.2, 0) is 19.6 Å². The maximum atomic E-state index is 12.3. The number of carbonyl (C=O) groups is 1. The number of rotatable bonds is 5. The Morgan fingerprint density at radius 1 is 1.07 bits per heavy atom. The third kappa shape index (κ3) is 4.41. The Morgan fingerprint density at radius 3 is 2.18 bits per heavy atom. The summed E-state index contributed by atoms with van der Waals surface area (Å²) < 4.78 is 32.7. The van der Waals surface area contributed by atoms with E-state index in [9.17, 15) is 13.2 Å². The molecule has 1 heterocycles. The monoisotopic (exact) mass is 398 g/mol. The lowest BCUT2D eigenvalue weighted by atomic mass is 9.95. The van der Waals surface area contributed by atoms with Gasteiger partial charge < -0.3 is 4.74 Å². The molecule has 1 saturated heterocycles. The highest BCUT2D eigenvalue weighted by molar-refractivity contribution is 7.90. The Morgan fingerprint density at radius 2 is 1.64 bits per heavy atom. The Labute approximate surface area is 165 Å². The SMILES string of the molecule is [C-]#[N+]c1ccc(-c2ccc(C3OC(=O)CCC3NS(=O)(=O)C(C)C)cc2)cc1. The Hall–Kier alpha value is -2.69. The number of benzene rings is 2. The summed E-state index contributed by atoms with van der Waals surface area (Å²) in [7, 11) is -3.48. The number of esters is 1.